The summed E-state index contributed by atoms with van der Waals surface area (Å²) in [5.41, 5.74) is 1.96. The van der Waals surface area contributed by atoms with Crippen LogP contribution < -0.4 is 4.74 Å². The van der Waals surface area contributed by atoms with Crippen LogP contribution in [0.15, 0.2) is 61.2 Å². The van der Waals surface area contributed by atoms with Gasteiger partial charge in [0.05, 0.1) is 13.7 Å². The summed E-state index contributed by atoms with van der Waals surface area (Å²) in [6.45, 7) is 8.83. The SMILES string of the molecule is C=CCN1CCN(C(c2ccccc2OC)c2nnnn2Cc2ccc(F)cc2)CC1. The van der Waals surface area contributed by atoms with Gasteiger partial charge in [-0.1, -0.05) is 36.4 Å². The first-order valence-electron chi connectivity index (χ1n) is 10.4. The molecule has 3 aromatic rings. The summed E-state index contributed by atoms with van der Waals surface area (Å²) in [6, 6.07) is 14.3. The largest absolute Gasteiger partial charge is 0.496 e. The van der Waals surface area contributed by atoms with Gasteiger partial charge in [0, 0.05) is 38.3 Å². The molecule has 8 heteroatoms. The normalized spacial score (nSPS) is 16.2. The van der Waals surface area contributed by atoms with Gasteiger partial charge < -0.3 is 4.74 Å². The number of rotatable bonds is 8. The fourth-order valence-corrected chi connectivity index (χ4v) is 4.06. The highest BCUT2D eigenvalue weighted by Gasteiger charge is 2.32. The van der Waals surface area contributed by atoms with Crippen molar-refractivity contribution in [3.8, 4) is 5.75 Å². The molecule has 4 rings (SSSR count). The van der Waals surface area contributed by atoms with Crippen LogP contribution in [-0.4, -0.2) is 69.8 Å². The molecule has 0 bridgehead atoms. The van der Waals surface area contributed by atoms with Crippen LogP contribution in [0, 0.1) is 5.82 Å². The van der Waals surface area contributed by atoms with Gasteiger partial charge in [-0.2, -0.15) is 0 Å². The minimum absolute atomic E-state index is 0.155. The molecule has 0 amide bonds. The Bertz CT molecular complexity index is 997. The number of para-hydroxylation sites is 1. The van der Waals surface area contributed by atoms with E-state index in [0.29, 0.717) is 6.54 Å². The van der Waals surface area contributed by atoms with Crippen molar-refractivity contribution < 1.29 is 9.13 Å². The van der Waals surface area contributed by atoms with E-state index >= 15 is 0 Å². The maximum Gasteiger partial charge on any atom is 0.173 e. The lowest BCUT2D eigenvalue weighted by Crippen LogP contribution is -2.48. The third-order valence-corrected chi connectivity index (χ3v) is 5.64. The van der Waals surface area contributed by atoms with Crippen molar-refractivity contribution in [3.05, 3.63) is 84.0 Å². The Morgan fingerprint density at radius 1 is 1.10 bits per heavy atom. The topological polar surface area (TPSA) is 59.3 Å². The second kappa shape index (κ2) is 9.80. The maximum absolute atomic E-state index is 13.3. The minimum atomic E-state index is -0.259. The third kappa shape index (κ3) is 4.81. The maximum atomic E-state index is 13.3. The summed E-state index contributed by atoms with van der Waals surface area (Å²) in [7, 11) is 1.68. The van der Waals surface area contributed by atoms with E-state index in [2.05, 4.69) is 38.0 Å². The Morgan fingerprint density at radius 2 is 1.84 bits per heavy atom. The summed E-state index contributed by atoms with van der Waals surface area (Å²) >= 11 is 0. The quantitative estimate of drug-likeness (QED) is 0.521. The molecule has 0 saturated carbocycles. The second-order valence-corrected chi connectivity index (χ2v) is 7.59. The van der Waals surface area contributed by atoms with Crippen molar-refractivity contribution in [1.82, 2.24) is 30.0 Å². The summed E-state index contributed by atoms with van der Waals surface area (Å²) in [5.74, 6) is 1.29. The molecule has 1 aliphatic heterocycles. The van der Waals surface area contributed by atoms with Crippen LogP contribution in [0.4, 0.5) is 4.39 Å². The van der Waals surface area contributed by atoms with Gasteiger partial charge in [-0.25, -0.2) is 9.07 Å². The number of methoxy groups -OCH3 is 1. The molecule has 31 heavy (non-hydrogen) atoms. The molecule has 1 fully saturated rings. The van der Waals surface area contributed by atoms with Crippen LogP contribution >= 0.6 is 0 Å². The van der Waals surface area contributed by atoms with Crippen molar-refractivity contribution in [2.24, 2.45) is 0 Å². The van der Waals surface area contributed by atoms with Gasteiger partial charge in [0.25, 0.3) is 0 Å². The average Bonchev–Trinajstić information content (AvgIpc) is 3.25. The predicted octanol–water partition coefficient (Wildman–Crippen LogP) is 2.76. The number of nitrogens with zero attached hydrogens (tertiary/aromatic N) is 6. The van der Waals surface area contributed by atoms with Gasteiger partial charge in [0.1, 0.15) is 17.6 Å². The number of tetrazole rings is 1. The van der Waals surface area contributed by atoms with Gasteiger partial charge in [-0.05, 0) is 34.2 Å². The van der Waals surface area contributed by atoms with Crippen LogP contribution in [0.25, 0.3) is 0 Å². The molecule has 1 saturated heterocycles. The first kappa shape index (κ1) is 21.1. The molecule has 1 unspecified atom stereocenters. The number of halogens is 1. The van der Waals surface area contributed by atoms with E-state index in [4.69, 9.17) is 4.74 Å². The molecule has 0 N–H and O–H groups in total. The molecule has 7 nitrogen and oxygen atoms in total. The van der Waals surface area contributed by atoms with Crippen molar-refractivity contribution >= 4 is 0 Å². The minimum Gasteiger partial charge on any atom is -0.496 e. The summed E-state index contributed by atoms with van der Waals surface area (Å²) in [4.78, 5) is 4.77. The molecule has 0 spiro atoms. The first-order valence-corrected chi connectivity index (χ1v) is 10.4. The molecular weight excluding hydrogens is 395 g/mol. The zero-order valence-corrected chi connectivity index (χ0v) is 17.7. The Labute approximate surface area is 181 Å². The predicted molar refractivity (Wildman–Crippen MR) is 116 cm³/mol. The lowest BCUT2D eigenvalue weighted by atomic mass is 10.0. The first-order chi connectivity index (χ1) is 15.2. The second-order valence-electron chi connectivity index (χ2n) is 7.59. The lowest BCUT2D eigenvalue weighted by Gasteiger charge is -2.38. The number of aromatic nitrogens is 4. The van der Waals surface area contributed by atoms with Crippen LogP contribution in [0.1, 0.15) is 23.0 Å². The van der Waals surface area contributed by atoms with E-state index in [1.54, 1.807) is 23.9 Å². The molecule has 1 aromatic heterocycles. The van der Waals surface area contributed by atoms with Crippen LogP contribution in [-0.2, 0) is 6.54 Å². The number of piperazine rings is 1. The number of hydrogen-bond donors (Lipinski definition) is 0. The van der Waals surface area contributed by atoms with Gasteiger partial charge in [-0.15, -0.1) is 11.7 Å². The number of hydrogen-bond acceptors (Lipinski definition) is 6. The Hall–Kier alpha value is -3.10. The Balaban J connectivity index is 1.68. The van der Waals surface area contributed by atoms with E-state index in [1.165, 1.54) is 12.1 Å². The van der Waals surface area contributed by atoms with E-state index in [0.717, 1.165) is 55.4 Å². The van der Waals surface area contributed by atoms with Crippen molar-refractivity contribution in [3.63, 3.8) is 0 Å². The smallest absolute Gasteiger partial charge is 0.173 e. The van der Waals surface area contributed by atoms with Crippen molar-refractivity contribution in [1.29, 1.82) is 0 Å². The highest BCUT2D eigenvalue weighted by atomic mass is 19.1. The standard InChI is InChI=1S/C23H27FN6O/c1-3-12-28-13-15-29(16-14-28)22(20-6-4-5-7-21(20)31-2)23-25-26-27-30(23)17-18-8-10-19(24)11-9-18/h3-11,22H,1,12-17H2,2H3. The fraction of sp³-hybridized carbons (Fsp3) is 0.348. The highest BCUT2D eigenvalue weighted by molar-refractivity contribution is 5.39. The Morgan fingerprint density at radius 3 is 2.55 bits per heavy atom. The zero-order valence-electron chi connectivity index (χ0n) is 17.7. The highest BCUT2D eigenvalue weighted by Crippen LogP contribution is 2.34. The molecule has 2 heterocycles. The fourth-order valence-electron chi connectivity index (χ4n) is 4.06. The van der Waals surface area contributed by atoms with Crippen LogP contribution in [0.5, 0.6) is 5.75 Å². The lowest BCUT2D eigenvalue weighted by molar-refractivity contribution is 0.111. The van der Waals surface area contributed by atoms with Gasteiger partial charge in [-0.3, -0.25) is 9.80 Å². The average molecular weight is 423 g/mol. The monoisotopic (exact) mass is 422 g/mol. The third-order valence-electron chi connectivity index (χ3n) is 5.64. The van der Waals surface area contributed by atoms with Crippen molar-refractivity contribution in [2.75, 3.05) is 39.8 Å². The van der Waals surface area contributed by atoms with Crippen LogP contribution in [0.3, 0.4) is 0 Å². The van der Waals surface area contributed by atoms with E-state index in [9.17, 15) is 4.39 Å². The number of benzene rings is 2. The molecule has 1 aliphatic rings. The van der Waals surface area contributed by atoms with E-state index in [1.807, 2.05) is 24.3 Å². The van der Waals surface area contributed by atoms with Crippen LogP contribution in [0.2, 0.25) is 0 Å². The Kier molecular flexibility index (Phi) is 6.69. The van der Waals surface area contributed by atoms with Gasteiger partial charge >= 0.3 is 0 Å². The van der Waals surface area contributed by atoms with E-state index in [-0.39, 0.29) is 11.9 Å². The molecular formula is C23H27FN6O. The van der Waals surface area contributed by atoms with Gasteiger partial charge in [0.2, 0.25) is 0 Å². The number of ether oxygens (including phenoxy) is 1. The molecule has 2 aromatic carbocycles. The van der Waals surface area contributed by atoms with Crippen molar-refractivity contribution in [2.45, 2.75) is 12.6 Å². The van der Waals surface area contributed by atoms with Gasteiger partial charge in [0.15, 0.2) is 5.82 Å². The summed E-state index contributed by atoms with van der Waals surface area (Å²) in [5, 5.41) is 12.6. The molecule has 1 atom stereocenters. The van der Waals surface area contributed by atoms with E-state index < -0.39 is 0 Å². The summed E-state index contributed by atoms with van der Waals surface area (Å²) in [6.07, 6.45) is 1.94. The molecule has 0 radical (unpaired) electrons. The zero-order chi connectivity index (χ0) is 21.6. The summed E-state index contributed by atoms with van der Waals surface area (Å²) < 4.78 is 20.8. The molecule has 162 valence electrons. The molecule has 0 aliphatic carbocycles.